The van der Waals surface area contributed by atoms with Crippen LogP contribution in [0.4, 0.5) is 5.69 Å². The molecule has 0 spiro atoms. The second kappa shape index (κ2) is 4.43. The Morgan fingerprint density at radius 3 is 2.21 bits per heavy atom. The Labute approximate surface area is 84.4 Å². The minimum Gasteiger partial charge on any atom is -0.385 e. The van der Waals surface area contributed by atoms with Gasteiger partial charge in [-0.1, -0.05) is 0 Å². The van der Waals surface area contributed by atoms with Gasteiger partial charge in [-0.3, -0.25) is 0 Å². The lowest BCUT2D eigenvalue weighted by atomic mass is 10.3. The van der Waals surface area contributed by atoms with E-state index >= 15 is 0 Å². The molecule has 5 heteroatoms. The molecule has 0 bridgehead atoms. The Balaban J connectivity index is 2.94. The van der Waals surface area contributed by atoms with Gasteiger partial charge in [0.2, 0.25) is 10.0 Å². The highest BCUT2D eigenvalue weighted by Gasteiger charge is 2.09. The fraction of sp³-hybridized carbons (Fsp3) is 0.333. The van der Waals surface area contributed by atoms with Crippen molar-refractivity contribution in [2.24, 2.45) is 0 Å². The fourth-order valence-electron chi connectivity index (χ4n) is 1.07. The molecule has 78 valence electrons. The van der Waals surface area contributed by atoms with Gasteiger partial charge in [-0.15, -0.1) is 0 Å². The van der Waals surface area contributed by atoms with Crippen LogP contribution in [0.2, 0.25) is 0 Å². The average Bonchev–Trinajstić information content (AvgIpc) is 2.19. The van der Waals surface area contributed by atoms with Gasteiger partial charge in [0.1, 0.15) is 0 Å². The second-order valence-corrected chi connectivity index (χ2v) is 4.65. The topological polar surface area (TPSA) is 58.2 Å². The van der Waals surface area contributed by atoms with E-state index in [4.69, 9.17) is 0 Å². The van der Waals surface area contributed by atoms with E-state index in [-0.39, 0.29) is 4.90 Å². The van der Waals surface area contributed by atoms with Crippen LogP contribution in [0.3, 0.4) is 0 Å². The molecule has 0 aliphatic heterocycles. The van der Waals surface area contributed by atoms with Gasteiger partial charge in [-0.05, 0) is 38.2 Å². The highest BCUT2D eigenvalue weighted by molar-refractivity contribution is 7.89. The summed E-state index contributed by atoms with van der Waals surface area (Å²) in [6.07, 6.45) is 0. The first kappa shape index (κ1) is 11.0. The number of nitrogens with one attached hydrogen (secondary N) is 2. The zero-order valence-electron chi connectivity index (χ0n) is 8.24. The number of hydrogen-bond acceptors (Lipinski definition) is 3. The first-order valence-electron chi connectivity index (χ1n) is 4.37. The van der Waals surface area contributed by atoms with E-state index in [0.29, 0.717) is 0 Å². The highest BCUT2D eigenvalue weighted by Crippen LogP contribution is 2.13. The lowest BCUT2D eigenvalue weighted by Crippen LogP contribution is -2.18. The van der Waals surface area contributed by atoms with Crippen molar-refractivity contribution in [2.45, 2.75) is 11.8 Å². The predicted molar refractivity (Wildman–Crippen MR) is 56.9 cm³/mol. The van der Waals surface area contributed by atoms with E-state index in [2.05, 4.69) is 10.0 Å². The summed E-state index contributed by atoms with van der Waals surface area (Å²) in [5.41, 5.74) is 0.919. The second-order valence-electron chi connectivity index (χ2n) is 2.76. The summed E-state index contributed by atoms with van der Waals surface area (Å²) in [6, 6.07) is 6.63. The van der Waals surface area contributed by atoms with Gasteiger partial charge in [-0.2, -0.15) is 0 Å². The zero-order chi connectivity index (χ0) is 10.6. The van der Waals surface area contributed by atoms with Crippen LogP contribution in [0.1, 0.15) is 6.92 Å². The minimum absolute atomic E-state index is 0.279. The van der Waals surface area contributed by atoms with Crippen LogP contribution in [0, 0.1) is 0 Å². The minimum atomic E-state index is -3.31. The van der Waals surface area contributed by atoms with Crippen LogP contribution < -0.4 is 10.0 Å². The SMILES string of the molecule is CCNc1ccc(S(=O)(=O)NC)cc1. The molecule has 0 saturated carbocycles. The molecule has 0 amide bonds. The third kappa shape index (κ3) is 2.46. The van der Waals surface area contributed by atoms with Gasteiger partial charge in [0.15, 0.2) is 0 Å². The van der Waals surface area contributed by atoms with Gasteiger partial charge in [0.05, 0.1) is 4.90 Å². The van der Waals surface area contributed by atoms with E-state index in [1.165, 1.54) is 7.05 Å². The van der Waals surface area contributed by atoms with Crippen molar-refractivity contribution in [3.05, 3.63) is 24.3 Å². The van der Waals surface area contributed by atoms with Crippen molar-refractivity contribution in [1.29, 1.82) is 0 Å². The number of sulfonamides is 1. The molecule has 0 aliphatic carbocycles. The molecular weight excluding hydrogens is 200 g/mol. The fourth-order valence-corrected chi connectivity index (χ4v) is 1.80. The summed E-state index contributed by atoms with van der Waals surface area (Å²) in [4.78, 5) is 0.279. The molecule has 0 unspecified atom stereocenters. The number of hydrogen-bond donors (Lipinski definition) is 2. The van der Waals surface area contributed by atoms with Crippen LogP contribution >= 0.6 is 0 Å². The van der Waals surface area contributed by atoms with Crippen LogP contribution in [-0.4, -0.2) is 22.0 Å². The summed E-state index contributed by atoms with van der Waals surface area (Å²) < 4.78 is 24.9. The largest absolute Gasteiger partial charge is 0.385 e. The number of benzene rings is 1. The van der Waals surface area contributed by atoms with E-state index in [9.17, 15) is 8.42 Å². The molecule has 0 heterocycles. The molecule has 0 fully saturated rings. The molecule has 0 aliphatic rings. The van der Waals surface area contributed by atoms with Crippen LogP contribution in [0.25, 0.3) is 0 Å². The lowest BCUT2D eigenvalue weighted by Gasteiger charge is -2.05. The third-order valence-corrected chi connectivity index (χ3v) is 3.24. The summed E-state index contributed by atoms with van der Waals surface area (Å²) in [6.45, 7) is 2.80. The molecule has 0 saturated heterocycles. The van der Waals surface area contributed by atoms with Crippen molar-refractivity contribution in [1.82, 2.24) is 4.72 Å². The summed E-state index contributed by atoms with van der Waals surface area (Å²) in [7, 11) is -1.91. The third-order valence-electron chi connectivity index (χ3n) is 1.81. The number of rotatable bonds is 4. The molecule has 1 aromatic rings. The van der Waals surface area contributed by atoms with Gasteiger partial charge >= 0.3 is 0 Å². The first-order chi connectivity index (χ1) is 6.60. The van der Waals surface area contributed by atoms with Crippen LogP contribution in [-0.2, 0) is 10.0 Å². The number of anilines is 1. The summed E-state index contributed by atoms with van der Waals surface area (Å²) in [5, 5.41) is 3.09. The van der Waals surface area contributed by atoms with Crippen molar-refractivity contribution in [2.75, 3.05) is 18.9 Å². The highest BCUT2D eigenvalue weighted by atomic mass is 32.2. The molecule has 0 aromatic heterocycles. The molecule has 4 nitrogen and oxygen atoms in total. The van der Waals surface area contributed by atoms with E-state index < -0.39 is 10.0 Å². The molecule has 14 heavy (non-hydrogen) atoms. The standard InChI is InChI=1S/C9H14N2O2S/c1-3-11-8-4-6-9(7-5-8)14(12,13)10-2/h4-7,10-11H,3H2,1-2H3. The van der Waals surface area contributed by atoms with Gasteiger partial charge in [0.25, 0.3) is 0 Å². The normalized spacial score (nSPS) is 11.3. The molecule has 2 N–H and O–H groups in total. The first-order valence-corrected chi connectivity index (χ1v) is 5.86. The maximum atomic E-state index is 11.3. The van der Waals surface area contributed by atoms with Gasteiger partial charge in [-0.25, -0.2) is 13.1 Å². The quantitative estimate of drug-likeness (QED) is 0.787. The molecule has 0 radical (unpaired) electrons. The monoisotopic (exact) mass is 214 g/mol. The van der Waals surface area contributed by atoms with Crippen molar-refractivity contribution in [3.63, 3.8) is 0 Å². The maximum Gasteiger partial charge on any atom is 0.240 e. The van der Waals surface area contributed by atoms with Crippen LogP contribution in [0.15, 0.2) is 29.2 Å². The van der Waals surface area contributed by atoms with Crippen molar-refractivity contribution in [3.8, 4) is 0 Å². The Bertz CT molecular complexity index is 384. The van der Waals surface area contributed by atoms with Crippen molar-refractivity contribution < 1.29 is 8.42 Å². The Morgan fingerprint density at radius 2 is 1.79 bits per heavy atom. The zero-order valence-corrected chi connectivity index (χ0v) is 9.06. The lowest BCUT2D eigenvalue weighted by molar-refractivity contribution is 0.588. The smallest absolute Gasteiger partial charge is 0.240 e. The molecule has 1 rings (SSSR count). The molecule has 1 aromatic carbocycles. The van der Waals surface area contributed by atoms with E-state index in [1.54, 1.807) is 24.3 Å². The predicted octanol–water partition coefficient (Wildman–Crippen LogP) is 1.03. The Kier molecular flexibility index (Phi) is 3.49. The van der Waals surface area contributed by atoms with E-state index in [0.717, 1.165) is 12.2 Å². The van der Waals surface area contributed by atoms with Crippen LogP contribution in [0.5, 0.6) is 0 Å². The van der Waals surface area contributed by atoms with E-state index in [1.807, 2.05) is 6.92 Å². The average molecular weight is 214 g/mol. The Hall–Kier alpha value is -1.07. The summed E-state index contributed by atoms with van der Waals surface area (Å²) >= 11 is 0. The van der Waals surface area contributed by atoms with Gasteiger partial charge < -0.3 is 5.32 Å². The molecular formula is C9H14N2O2S. The maximum absolute atomic E-state index is 11.3. The van der Waals surface area contributed by atoms with Crippen molar-refractivity contribution >= 4 is 15.7 Å². The Morgan fingerprint density at radius 1 is 1.21 bits per heavy atom. The molecule has 0 atom stereocenters. The summed E-state index contributed by atoms with van der Waals surface area (Å²) in [5.74, 6) is 0. The van der Waals surface area contributed by atoms with Gasteiger partial charge in [0, 0.05) is 12.2 Å².